The molecule has 0 saturated heterocycles. The van der Waals surface area contributed by atoms with Crippen LogP contribution in [0.4, 0.5) is 4.39 Å². The van der Waals surface area contributed by atoms with Crippen LogP contribution in [-0.2, 0) is 25.7 Å². The van der Waals surface area contributed by atoms with Gasteiger partial charge in [0.1, 0.15) is 5.82 Å². The highest BCUT2D eigenvalue weighted by Gasteiger charge is 2.25. The minimum Gasteiger partial charge on any atom is -0.207 e. The third-order valence-electron chi connectivity index (χ3n) is 5.33. The van der Waals surface area contributed by atoms with Crippen molar-refractivity contribution in [2.45, 2.75) is 25.7 Å². The van der Waals surface area contributed by atoms with Crippen LogP contribution in [0.3, 0.4) is 0 Å². The van der Waals surface area contributed by atoms with Crippen molar-refractivity contribution < 1.29 is 4.39 Å². The molecule has 2 aliphatic rings. The molecule has 0 atom stereocenters. The fourth-order valence-corrected chi connectivity index (χ4v) is 4.25. The van der Waals surface area contributed by atoms with E-state index in [1.807, 2.05) is 6.07 Å². The normalized spacial score (nSPS) is 14.5. The van der Waals surface area contributed by atoms with E-state index in [1.165, 1.54) is 38.9 Å². The van der Waals surface area contributed by atoms with Gasteiger partial charge in [0.25, 0.3) is 0 Å². The zero-order chi connectivity index (χ0) is 15.4. The predicted octanol–water partition coefficient (Wildman–Crippen LogP) is 5.36. The Hall–Kier alpha value is -2.41. The van der Waals surface area contributed by atoms with Crippen molar-refractivity contribution in [3.63, 3.8) is 0 Å². The van der Waals surface area contributed by atoms with Gasteiger partial charge in [-0.15, -0.1) is 0 Å². The van der Waals surface area contributed by atoms with Crippen LogP contribution in [-0.4, -0.2) is 0 Å². The van der Waals surface area contributed by atoms with Crippen LogP contribution in [0.1, 0.15) is 22.3 Å². The SMILES string of the molecule is Fc1ccc2c(c1)CCc1ccc3c(c1-2)-c1ccccc1CC3. The molecule has 112 valence electrons. The monoisotopic (exact) mass is 300 g/mol. The van der Waals surface area contributed by atoms with Gasteiger partial charge in [-0.3, -0.25) is 0 Å². The van der Waals surface area contributed by atoms with Crippen LogP contribution in [0.5, 0.6) is 0 Å². The fourth-order valence-electron chi connectivity index (χ4n) is 4.25. The van der Waals surface area contributed by atoms with E-state index < -0.39 is 0 Å². The summed E-state index contributed by atoms with van der Waals surface area (Å²) in [4.78, 5) is 0. The Labute approximate surface area is 135 Å². The number of hydrogen-bond acceptors (Lipinski definition) is 0. The van der Waals surface area contributed by atoms with Gasteiger partial charge < -0.3 is 0 Å². The van der Waals surface area contributed by atoms with Crippen molar-refractivity contribution in [3.8, 4) is 22.3 Å². The summed E-state index contributed by atoms with van der Waals surface area (Å²) in [7, 11) is 0. The maximum absolute atomic E-state index is 13.6. The largest absolute Gasteiger partial charge is 0.207 e. The Morgan fingerprint density at radius 3 is 1.96 bits per heavy atom. The number of halogens is 1. The molecule has 0 aromatic heterocycles. The van der Waals surface area contributed by atoms with Crippen LogP contribution >= 0.6 is 0 Å². The topological polar surface area (TPSA) is 0 Å². The lowest BCUT2D eigenvalue weighted by atomic mass is 9.75. The van der Waals surface area contributed by atoms with E-state index in [1.54, 1.807) is 12.1 Å². The number of benzene rings is 3. The zero-order valence-corrected chi connectivity index (χ0v) is 12.9. The molecule has 0 saturated carbocycles. The third-order valence-corrected chi connectivity index (χ3v) is 5.33. The first-order valence-corrected chi connectivity index (χ1v) is 8.33. The maximum Gasteiger partial charge on any atom is 0.123 e. The van der Waals surface area contributed by atoms with Crippen molar-refractivity contribution in [2.24, 2.45) is 0 Å². The Morgan fingerprint density at radius 2 is 1.17 bits per heavy atom. The van der Waals surface area contributed by atoms with Gasteiger partial charge in [-0.1, -0.05) is 42.5 Å². The standard InChI is InChI=1S/C22H17F/c23-18-11-12-20-17(13-18)10-9-16-8-7-15-6-5-14-3-1-2-4-19(14)21(15)22(16)20/h1-4,7-8,11-13H,5-6,9-10H2. The molecule has 0 fully saturated rings. The Kier molecular flexibility index (Phi) is 2.72. The third kappa shape index (κ3) is 1.89. The average Bonchev–Trinajstić information content (AvgIpc) is 2.60. The molecule has 2 aliphatic carbocycles. The van der Waals surface area contributed by atoms with Crippen molar-refractivity contribution in [1.82, 2.24) is 0 Å². The second-order valence-electron chi connectivity index (χ2n) is 6.59. The molecule has 0 nitrogen and oxygen atoms in total. The summed E-state index contributed by atoms with van der Waals surface area (Å²) in [6.07, 6.45) is 4.14. The summed E-state index contributed by atoms with van der Waals surface area (Å²) < 4.78 is 13.6. The Bertz CT molecular complexity index is 937. The average molecular weight is 300 g/mol. The van der Waals surface area contributed by atoms with E-state index in [2.05, 4.69) is 36.4 Å². The number of hydrogen-bond donors (Lipinski definition) is 0. The van der Waals surface area contributed by atoms with Crippen LogP contribution in [0.2, 0.25) is 0 Å². The second-order valence-corrected chi connectivity index (χ2v) is 6.59. The van der Waals surface area contributed by atoms with Crippen LogP contribution in [0.15, 0.2) is 54.6 Å². The molecule has 0 heterocycles. The van der Waals surface area contributed by atoms with E-state index in [4.69, 9.17) is 0 Å². The van der Waals surface area contributed by atoms with Gasteiger partial charge in [0.15, 0.2) is 0 Å². The molecular weight excluding hydrogens is 283 g/mol. The Morgan fingerprint density at radius 1 is 0.565 bits per heavy atom. The van der Waals surface area contributed by atoms with Crippen LogP contribution in [0.25, 0.3) is 22.3 Å². The van der Waals surface area contributed by atoms with Crippen LogP contribution in [0, 0.1) is 5.82 Å². The fraction of sp³-hybridized carbons (Fsp3) is 0.182. The predicted molar refractivity (Wildman–Crippen MR) is 92.1 cm³/mol. The number of fused-ring (bicyclic) bond motifs is 7. The summed E-state index contributed by atoms with van der Waals surface area (Å²) in [6, 6.07) is 18.6. The second kappa shape index (κ2) is 4.79. The van der Waals surface area contributed by atoms with Gasteiger partial charge >= 0.3 is 0 Å². The lowest BCUT2D eigenvalue weighted by Crippen LogP contribution is -2.11. The van der Waals surface area contributed by atoms with Gasteiger partial charge in [-0.25, -0.2) is 4.39 Å². The molecule has 5 rings (SSSR count). The molecule has 23 heavy (non-hydrogen) atoms. The molecule has 0 aliphatic heterocycles. The Balaban J connectivity index is 1.86. The van der Waals surface area contributed by atoms with E-state index in [0.29, 0.717) is 0 Å². The van der Waals surface area contributed by atoms with Gasteiger partial charge in [0.05, 0.1) is 0 Å². The first-order valence-electron chi connectivity index (χ1n) is 8.33. The van der Waals surface area contributed by atoms with Crippen molar-refractivity contribution in [2.75, 3.05) is 0 Å². The first kappa shape index (κ1) is 13.1. The lowest BCUT2D eigenvalue weighted by molar-refractivity contribution is 0.625. The quantitative estimate of drug-likeness (QED) is 0.524. The zero-order valence-electron chi connectivity index (χ0n) is 12.9. The molecule has 1 heteroatoms. The molecule has 0 N–H and O–H groups in total. The highest BCUT2D eigenvalue weighted by Crippen LogP contribution is 2.45. The molecule has 0 unspecified atom stereocenters. The molecular formula is C22H17F. The van der Waals surface area contributed by atoms with E-state index in [9.17, 15) is 4.39 Å². The van der Waals surface area contributed by atoms with Gasteiger partial charge in [0.2, 0.25) is 0 Å². The molecule has 0 radical (unpaired) electrons. The molecule has 3 aromatic rings. The minimum absolute atomic E-state index is 0.127. The van der Waals surface area contributed by atoms with Crippen LogP contribution < -0.4 is 0 Å². The first-order chi connectivity index (χ1) is 11.3. The summed E-state index contributed by atoms with van der Waals surface area (Å²) in [6.45, 7) is 0. The summed E-state index contributed by atoms with van der Waals surface area (Å²) in [5.41, 5.74) is 10.7. The van der Waals surface area contributed by atoms with Crippen molar-refractivity contribution in [1.29, 1.82) is 0 Å². The van der Waals surface area contributed by atoms with Gasteiger partial charge in [0, 0.05) is 0 Å². The summed E-state index contributed by atoms with van der Waals surface area (Å²) in [5, 5.41) is 0. The maximum atomic E-state index is 13.6. The molecule has 3 aromatic carbocycles. The van der Waals surface area contributed by atoms with Gasteiger partial charge in [-0.05, 0) is 82.3 Å². The number of rotatable bonds is 0. The molecule has 0 bridgehead atoms. The minimum atomic E-state index is -0.127. The van der Waals surface area contributed by atoms with Crippen molar-refractivity contribution >= 4 is 0 Å². The molecule has 0 spiro atoms. The van der Waals surface area contributed by atoms with E-state index in [-0.39, 0.29) is 5.82 Å². The highest BCUT2D eigenvalue weighted by molar-refractivity contribution is 5.92. The van der Waals surface area contributed by atoms with Gasteiger partial charge in [-0.2, -0.15) is 0 Å². The highest BCUT2D eigenvalue weighted by atomic mass is 19.1. The summed E-state index contributed by atoms with van der Waals surface area (Å²) >= 11 is 0. The lowest BCUT2D eigenvalue weighted by Gasteiger charge is -2.28. The van der Waals surface area contributed by atoms with Crippen molar-refractivity contribution in [3.05, 3.63) is 82.7 Å². The molecule has 0 amide bonds. The number of aryl methyl sites for hydroxylation is 4. The van der Waals surface area contributed by atoms with E-state index >= 15 is 0 Å². The van der Waals surface area contributed by atoms with E-state index in [0.717, 1.165) is 31.2 Å². The summed E-state index contributed by atoms with van der Waals surface area (Å²) in [5.74, 6) is -0.127. The smallest absolute Gasteiger partial charge is 0.123 e.